The molecular formula is C18H20N4OS. The Bertz CT molecular complexity index is 847. The summed E-state index contributed by atoms with van der Waals surface area (Å²) in [5.74, 6) is 1.43. The van der Waals surface area contributed by atoms with Crippen LogP contribution in [-0.4, -0.2) is 35.2 Å². The number of hydrogen-bond acceptors (Lipinski definition) is 6. The Morgan fingerprint density at radius 2 is 2.00 bits per heavy atom. The summed E-state index contributed by atoms with van der Waals surface area (Å²) in [4.78, 5) is 16.1. The number of rotatable bonds is 5. The number of nitrogens with zero attached hydrogens (tertiary/aromatic N) is 3. The Morgan fingerprint density at radius 1 is 1.17 bits per heavy atom. The fourth-order valence-electron chi connectivity index (χ4n) is 3.11. The van der Waals surface area contributed by atoms with Gasteiger partial charge in [0.25, 0.3) is 0 Å². The van der Waals surface area contributed by atoms with E-state index in [1.165, 1.54) is 23.3 Å². The molecule has 0 aromatic carbocycles. The van der Waals surface area contributed by atoms with E-state index < -0.39 is 0 Å². The molecule has 1 N–H and O–H groups in total. The van der Waals surface area contributed by atoms with Crippen LogP contribution in [0.25, 0.3) is 21.6 Å². The van der Waals surface area contributed by atoms with Gasteiger partial charge in [0, 0.05) is 29.4 Å². The first-order valence-electron chi connectivity index (χ1n) is 8.37. The minimum Gasteiger partial charge on any atom is -0.476 e. The van der Waals surface area contributed by atoms with Crippen LogP contribution in [-0.2, 0) is 12.8 Å². The average molecular weight is 340 g/mol. The summed E-state index contributed by atoms with van der Waals surface area (Å²) < 4.78 is 6.02. The van der Waals surface area contributed by atoms with Crippen molar-refractivity contribution in [1.29, 1.82) is 0 Å². The van der Waals surface area contributed by atoms with Crippen molar-refractivity contribution in [2.75, 3.05) is 20.2 Å². The van der Waals surface area contributed by atoms with E-state index in [0.717, 1.165) is 41.0 Å². The van der Waals surface area contributed by atoms with Crippen LogP contribution in [0.5, 0.6) is 5.88 Å². The van der Waals surface area contributed by atoms with Gasteiger partial charge < -0.3 is 10.1 Å². The van der Waals surface area contributed by atoms with Gasteiger partial charge in [0.05, 0.1) is 5.39 Å². The Kier molecular flexibility index (Phi) is 4.40. The van der Waals surface area contributed by atoms with E-state index in [0.29, 0.717) is 12.4 Å². The number of thiophene rings is 1. The maximum atomic E-state index is 6.02. The van der Waals surface area contributed by atoms with Crippen molar-refractivity contribution in [1.82, 2.24) is 20.3 Å². The summed E-state index contributed by atoms with van der Waals surface area (Å²) in [5, 5.41) is 4.24. The second-order valence-electron chi connectivity index (χ2n) is 5.93. The summed E-state index contributed by atoms with van der Waals surface area (Å²) in [6.45, 7) is 1.39. The van der Waals surface area contributed by atoms with Crippen LogP contribution in [0.15, 0.2) is 24.5 Å². The second-order valence-corrected chi connectivity index (χ2v) is 7.01. The molecule has 124 valence electrons. The summed E-state index contributed by atoms with van der Waals surface area (Å²) in [7, 11) is 1.92. The molecule has 6 heteroatoms. The van der Waals surface area contributed by atoms with Gasteiger partial charge in [0.15, 0.2) is 5.82 Å². The highest BCUT2D eigenvalue weighted by Gasteiger charge is 2.22. The molecule has 24 heavy (non-hydrogen) atoms. The number of aryl methyl sites for hydroxylation is 2. The Morgan fingerprint density at radius 3 is 2.83 bits per heavy atom. The summed E-state index contributed by atoms with van der Waals surface area (Å²) >= 11 is 1.80. The van der Waals surface area contributed by atoms with Gasteiger partial charge in [-0.25, -0.2) is 4.98 Å². The number of likely N-dealkylation sites (N-methyl/N-ethyl adjacent to an activating group) is 1. The number of aromatic nitrogens is 3. The first-order valence-corrected chi connectivity index (χ1v) is 9.18. The van der Waals surface area contributed by atoms with Crippen LogP contribution in [0, 0.1) is 0 Å². The molecule has 0 bridgehead atoms. The lowest BCUT2D eigenvalue weighted by molar-refractivity contribution is 0.310. The Balaban J connectivity index is 1.85. The quantitative estimate of drug-likeness (QED) is 0.723. The monoisotopic (exact) mass is 340 g/mol. The zero-order valence-corrected chi connectivity index (χ0v) is 14.5. The zero-order chi connectivity index (χ0) is 16.4. The fraction of sp³-hybridized carbons (Fsp3) is 0.389. The molecule has 0 atom stereocenters. The molecule has 3 aromatic heterocycles. The van der Waals surface area contributed by atoms with E-state index in [4.69, 9.17) is 14.7 Å². The van der Waals surface area contributed by atoms with Gasteiger partial charge in [-0.1, -0.05) is 0 Å². The maximum Gasteiger partial charge on any atom is 0.226 e. The van der Waals surface area contributed by atoms with E-state index in [1.54, 1.807) is 23.7 Å². The van der Waals surface area contributed by atoms with Gasteiger partial charge >= 0.3 is 0 Å². The third-order valence-electron chi connectivity index (χ3n) is 4.31. The zero-order valence-electron chi connectivity index (χ0n) is 13.7. The molecule has 0 unspecified atom stereocenters. The molecule has 0 fully saturated rings. The predicted octanol–water partition coefficient (Wildman–Crippen LogP) is 3.23. The van der Waals surface area contributed by atoms with Crippen LogP contribution in [0.1, 0.15) is 23.3 Å². The highest BCUT2D eigenvalue weighted by atomic mass is 32.1. The van der Waals surface area contributed by atoms with E-state index in [1.807, 2.05) is 19.2 Å². The first kappa shape index (κ1) is 15.5. The standard InChI is InChI=1S/C18H20N4OS/c1-19-10-11-23-17-15-13-4-2-3-5-14(13)24-18(15)22-16(21-17)12-6-8-20-9-7-12/h6-9,19H,2-5,10-11H2,1H3. The molecule has 3 aromatic rings. The van der Waals surface area contributed by atoms with E-state index in [9.17, 15) is 0 Å². The van der Waals surface area contributed by atoms with Crippen molar-refractivity contribution < 1.29 is 4.74 Å². The number of hydrogen-bond donors (Lipinski definition) is 1. The average Bonchev–Trinajstić information content (AvgIpc) is 3.01. The molecule has 0 aliphatic heterocycles. The van der Waals surface area contributed by atoms with Gasteiger partial charge in [-0.05, 0) is 50.4 Å². The van der Waals surface area contributed by atoms with Crippen molar-refractivity contribution >= 4 is 21.6 Å². The first-order chi connectivity index (χ1) is 11.9. The molecule has 1 aliphatic carbocycles. The summed E-state index contributed by atoms with van der Waals surface area (Å²) in [6.07, 6.45) is 8.29. The topological polar surface area (TPSA) is 59.9 Å². The molecule has 0 amide bonds. The minimum atomic E-state index is 0.600. The van der Waals surface area contributed by atoms with Crippen molar-refractivity contribution in [3.63, 3.8) is 0 Å². The Hall–Kier alpha value is -2.05. The van der Waals surface area contributed by atoms with Crippen molar-refractivity contribution in [3.8, 4) is 17.3 Å². The van der Waals surface area contributed by atoms with Gasteiger partial charge in [0.2, 0.25) is 5.88 Å². The molecule has 5 nitrogen and oxygen atoms in total. The number of nitrogens with one attached hydrogen (secondary N) is 1. The summed E-state index contributed by atoms with van der Waals surface area (Å²) in [6, 6.07) is 3.87. The van der Waals surface area contributed by atoms with Crippen molar-refractivity contribution in [3.05, 3.63) is 35.0 Å². The maximum absolute atomic E-state index is 6.02. The van der Waals surface area contributed by atoms with Crippen molar-refractivity contribution in [2.45, 2.75) is 25.7 Å². The third-order valence-corrected chi connectivity index (χ3v) is 5.50. The smallest absolute Gasteiger partial charge is 0.226 e. The lowest BCUT2D eigenvalue weighted by Gasteiger charge is -2.13. The van der Waals surface area contributed by atoms with Crippen LogP contribution in [0.2, 0.25) is 0 Å². The molecule has 4 rings (SSSR count). The van der Waals surface area contributed by atoms with Crippen LogP contribution in [0.4, 0.5) is 0 Å². The molecule has 1 aliphatic rings. The van der Waals surface area contributed by atoms with Crippen LogP contribution >= 0.6 is 11.3 Å². The second kappa shape index (κ2) is 6.83. The largest absolute Gasteiger partial charge is 0.476 e. The van der Waals surface area contributed by atoms with Gasteiger partial charge in [0.1, 0.15) is 11.4 Å². The van der Waals surface area contributed by atoms with Gasteiger partial charge in [-0.3, -0.25) is 4.98 Å². The molecule has 0 saturated heterocycles. The normalized spacial score (nSPS) is 13.9. The highest BCUT2D eigenvalue weighted by molar-refractivity contribution is 7.18. The number of pyridine rings is 1. The number of ether oxygens (including phenoxy) is 1. The summed E-state index contributed by atoms with van der Waals surface area (Å²) in [5.41, 5.74) is 2.37. The Labute approximate surface area is 145 Å². The van der Waals surface area contributed by atoms with Crippen LogP contribution in [0.3, 0.4) is 0 Å². The molecule has 0 radical (unpaired) electrons. The van der Waals surface area contributed by atoms with E-state index in [-0.39, 0.29) is 0 Å². The van der Waals surface area contributed by atoms with Gasteiger partial charge in [-0.15, -0.1) is 11.3 Å². The van der Waals surface area contributed by atoms with Crippen molar-refractivity contribution in [2.24, 2.45) is 0 Å². The van der Waals surface area contributed by atoms with Gasteiger partial charge in [-0.2, -0.15) is 4.98 Å². The SMILES string of the molecule is CNCCOc1nc(-c2ccncc2)nc2sc3c(c12)CCCC3. The third kappa shape index (κ3) is 2.87. The molecule has 0 saturated carbocycles. The predicted molar refractivity (Wildman–Crippen MR) is 96.7 cm³/mol. The van der Waals surface area contributed by atoms with Crippen LogP contribution < -0.4 is 10.1 Å². The van der Waals surface area contributed by atoms with E-state index in [2.05, 4.69) is 10.3 Å². The highest BCUT2D eigenvalue weighted by Crippen LogP contribution is 2.40. The lowest BCUT2D eigenvalue weighted by Crippen LogP contribution is -2.16. The van der Waals surface area contributed by atoms with E-state index >= 15 is 0 Å². The molecular weight excluding hydrogens is 320 g/mol. The fourth-order valence-corrected chi connectivity index (χ4v) is 4.36. The minimum absolute atomic E-state index is 0.600. The molecule has 0 spiro atoms. The molecule has 3 heterocycles. The lowest BCUT2D eigenvalue weighted by atomic mass is 9.97. The number of fused-ring (bicyclic) bond motifs is 3.